The van der Waals surface area contributed by atoms with Gasteiger partial charge in [-0.1, -0.05) is 61.3 Å². The molecule has 4 aliphatic heterocycles. The summed E-state index contributed by atoms with van der Waals surface area (Å²) in [5.41, 5.74) is 2.45. The fourth-order valence-electron chi connectivity index (χ4n) is 7.71. The third-order valence-corrected chi connectivity index (χ3v) is 11.8. The van der Waals surface area contributed by atoms with Gasteiger partial charge in [0.15, 0.2) is 5.17 Å². The van der Waals surface area contributed by atoms with Crippen LogP contribution in [0.2, 0.25) is 10.0 Å². The van der Waals surface area contributed by atoms with Crippen LogP contribution in [0.3, 0.4) is 0 Å². The van der Waals surface area contributed by atoms with E-state index in [1.165, 1.54) is 24.6 Å². The summed E-state index contributed by atoms with van der Waals surface area (Å²) in [5.74, 6) is 0.0999. The van der Waals surface area contributed by atoms with Gasteiger partial charge in [0.25, 0.3) is 5.91 Å². The number of piperazine rings is 1. The second-order valence-electron chi connectivity index (χ2n) is 13.6. The predicted molar refractivity (Wildman–Crippen MR) is 182 cm³/mol. The minimum atomic E-state index is -0.627. The largest absolute Gasteiger partial charge is 0.338 e. The maximum absolute atomic E-state index is 14.7. The number of aliphatic imine (C=N–C) groups is 1. The van der Waals surface area contributed by atoms with Crippen molar-refractivity contribution in [1.82, 2.24) is 19.6 Å². The van der Waals surface area contributed by atoms with Crippen molar-refractivity contribution in [1.29, 1.82) is 0 Å². The van der Waals surface area contributed by atoms with E-state index in [-0.39, 0.29) is 29.8 Å². The minimum Gasteiger partial charge on any atom is -0.338 e. The van der Waals surface area contributed by atoms with Crippen LogP contribution in [0.4, 0.5) is 0 Å². The summed E-state index contributed by atoms with van der Waals surface area (Å²) in [4.78, 5) is 43.3. The van der Waals surface area contributed by atoms with E-state index in [2.05, 4.69) is 49.6 Å². The van der Waals surface area contributed by atoms with Gasteiger partial charge in [-0.2, -0.15) is 0 Å². The Morgan fingerprint density at radius 3 is 2.13 bits per heavy atom. The highest BCUT2D eigenvalue weighted by atomic mass is 35.5. The van der Waals surface area contributed by atoms with Crippen LogP contribution in [-0.2, 0) is 15.1 Å². The number of allylic oxidation sites excluding steroid dienone is 1. The molecule has 2 saturated heterocycles. The predicted octanol–water partition coefficient (Wildman–Crippen LogP) is 6.92. The summed E-state index contributed by atoms with van der Waals surface area (Å²) in [6, 6.07) is 15.9. The number of amidine groups is 1. The minimum absolute atomic E-state index is 0.00973. The number of hydrogen-bond acceptors (Lipinski definition) is 6. The van der Waals surface area contributed by atoms with E-state index in [1.54, 1.807) is 0 Å². The summed E-state index contributed by atoms with van der Waals surface area (Å²) in [6.45, 7) is 11.9. The molecular formula is C35H41Cl2N5O2S. The van der Waals surface area contributed by atoms with Gasteiger partial charge in [0, 0.05) is 54.0 Å². The van der Waals surface area contributed by atoms with Crippen molar-refractivity contribution < 1.29 is 9.59 Å². The van der Waals surface area contributed by atoms with Gasteiger partial charge in [-0.3, -0.25) is 14.5 Å². The molecule has 238 valence electrons. The molecule has 2 aromatic rings. The van der Waals surface area contributed by atoms with E-state index < -0.39 is 11.6 Å². The Bertz CT molecular complexity index is 1550. The van der Waals surface area contributed by atoms with Crippen molar-refractivity contribution in [2.24, 2.45) is 10.9 Å². The third kappa shape index (κ3) is 5.49. The number of carbonyl (C=O) groups is 2. The summed E-state index contributed by atoms with van der Waals surface area (Å²) < 4.78 is 0. The first kappa shape index (κ1) is 31.1. The lowest BCUT2D eigenvalue weighted by Crippen LogP contribution is -2.55. The number of hydrogen-bond donors (Lipinski definition) is 0. The molecule has 0 radical (unpaired) electrons. The molecule has 0 N–H and O–H groups in total. The molecule has 2 aromatic carbocycles. The molecule has 2 amide bonds. The molecule has 1 aliphatic carbocycles. The van der Waals surface area contributed by atoms with Crippen LogP contribution in [0.5, 0.6) is 0 Å². The Hall–Kier alpha value is -2.52. The first-order chi connectivity index (χ1) is 21.6. The Kier molecular flexibility index (Phi) is 8.24. The van der Waals surface area contributed by atoms with Gasteiger partial charge in [-0.05, 0) is 92.6 Å². The molecule has 45 heavy (non-hydrogen) atoms. The highest BCUT2D eigenvalue weighted by Crippen LogP contribution is 2.56. The standard InChI is InChI=1S/C35H41Cl2N5O2S/c1-21(2)29-30(33(44)41-22(3)5-16-28(41)32(43)40-19-17-39(18-20-40)27-14-15-27)45-34-38-35(4,24-8-12-26(37)13-9-24)31(42(29)34)23-6-10-25(36)11-7-23/h6-13,21-22,27-28,31H,5,14-20H2,1-4H3/t22-,28+,31-,35+/m1/s1. The maximum atomic E-state index is 14.7. The number of halogens is 2. The number of benzene rings is 2. The van der Waals surface area contributed by atoms with Gasteiger partial charge in [0.1, 0.15) is 16.5 Å². The van der Waals surface area contributed by atoms with Gasteiger partial charge < -0.3 is 14.7 Å². The number of thioether (sulfide) groups is 1. The van der Waals surface area contributed by atoms with Crippen LogP contribution in [0, 0.1) is 5.92 Å². The number of rotatable bonds is 6. The van der Waals surface area contributed by atoms with E-state index in [4.69, 9.17) is 28.2 Å². The average Bonchev–Trinajstić information content (AvgIpc) is 3.62. The zero-order valence-electron chi connectivity index (χ0n) is 26.4. The van der Waals surface area contributed by atoms with Gasteiger partial charge in [-0.15, -0.1) is 0 Å². The molecular weight excluding hydrogens is 625 g/mol. The highest BCUT2D eigenvalue weighted by Gasteiger charge is 2.54. The zero-order chi connectivity index (χ0) is 31.6. The SMILES string of the molecule is CC(C)C1=C(C(=O)N2[C@H](C)CC[C@H]2C(=O)N2CCN(C3CC3)CC2)SC2=N[C@@](C)(c3ccc(Cl)cc3)[C@@H](c3ccc(Cl)cc3)N21. The van der Waals surface area contributed by atoms with Crippen molar-refractivity contribution in [3.8, 4) is 0 Å². The van der Waals surface area contributed by atoms with Crippen molar-refractivity contribution in [3.63, 3.8) is 0 Å². The lowest BCUT2D eigenvalue weighted by atomic mass is 9.81. The summed E-state index contributed by atoms with van der Waals surface area (Å²) in [7, 11) is 0. The smallest absolute Gasteiger partial charge is 0.263 e. The quantitative estimate of drug-likeness (QED) is 0.335. The lowest BCUT2D eigenvalue weighted by Gasteiger charge is -2.38. The number of likely N-dealkylation sites (tertiary alicyclic amines) is 1. The van der Waals surface area contributed by atoms with Crippen LogP contribution in [0.15, 0.2) is 64.1 Å². The maximum Gasteiger partial charge on any atom is 0.263 e. The van der Waals surface area contributed by atoms with E-state index in [1.807, 2.05) is 46.2 Å². The molecule has 4 atom stereocenters. The third-order valence-electron chi connectivity index (χ3n) is 10.2. The number of nitrogens with zero attached hydrogens (tertiary/aromatic N) is 5. The fourth-order valence-corrected chi connectivity index (χ4v) is 9.31. The molecule has 4 heterocycles. The Balaban J connectivity index is 1.22. The normalized spacial score (nSPS) is 28.7. The first-order valence-corrected chi connectivity index (χ1v) is 17.8. The fraction of sp³-hybridized carbons (Fsp3) is 0.514. The van der Waals surface area contributed by atoms with E-state index >= 15 is 0 Å². The molecule has 3 fully saturated rings. The van der Waals surface area contributed by atoms with E-state index in [9.17, 15) is 9.59 Å². The van der Waals surface area contributed by atoms with Crippen LogP contribution in [0.1, 0.15) is 70.5 Å². The summed E-state index contributed by atoms with van der Waals surface area (Å²) >= 11 is 14.1. The van der Waals surface area contributed by atoms with Crippen molar-refractivity contribution in [2.45, 2.75) is 83.1 Å². The van der Waals surface area contributed by atoms with Crippen LogP contribution >= 0.6 is 35.0 Å². The second kappa shape index (κ2) is 11.9. The van der Waals surface area contributed by atoms with Crippen LogP contribution in [-0.4, -0.2) is 80.9 Å². The summed E-state index contributed by atoms with van der Waals surface area (Å²) in [5, 5.41) is 2.16. The van der Waals surface area contributed by atoms with Gasteiger partial charge in [0.05, 0.1) is 6.04 Å². The number of amides is 2. The zero-order valence-corrected chi connectivity index (χ0v) is 28.7. The molecule has 0 unspecified atom stereocenters. The molecule has 0 bridgehead atoms. The first-order valence-electron chi connectivity index (χ1n) is 16.2. The Morgan fingerprint density at radius 2 is 1.53 bits per heavy atom. The van der Waals surface area contributed by atoms with E-state index in [0.29, 0.717) is 27.4 Å². The molecule has 0 aromatic heterocycles. The summed E-state index contributed by atoms with van der Waals surface area (Å²) in [6.07, 6.45) is 4.09. The van der Waals surface area contributed by atoms with Crippen molar-refractivity contribution in [2.75, 3.05) is 26.2 Å². The van der Waals surface area contributed by atoms with Crippen molar-refractivity contribution in [3.05, 3.63) is 80.3 Å². The molecule has 7 rings (SSSR count). The number of carbonyl (C=O) groups excluding carboxylic acids is 2. The van der Waals surface area contributed by atoms with Crippen LogP contribution < -0.4 is 0 Å². The molecule has 7 nitrogen and oxygen atoms in total. The second-order valence-corrected chi connectivity index (χ2v) is 15.4. The molecule has 10 heteroatoms. The molecule has 1 saturated carbocycles. The topological polar surface area (TPSA) is 59.5 Å². The van der Waals surface area contributed by atoms with Crippen LogP contribution in [0.25, 0.3) is 0 Å². The van der Waals surface area contributed by atoms with E-state index in [0.717, 1.165) is 54.6 Å². The number of fused-ring (bicyclic) bond motifs is 1. The van der Waals surface area contributed by atoms with Gasteiger partial charge in [-0.25, -0.2) is 4.99 Å². The molecule has 5 aliphatic rings. The highest BCUT2D eigenvalue weighted by molar-refractivity contribution is 8.18. The monoisotopic (exact) mass is 665 g/mol. The average molecular weight is 667 g/mol. The lowest BCUT2D eigenvalue weighted by molar-refractivity contribution is -0.144. The molecule has 0 spiro atoms. The Morgan fingerprint density at radius 1 is 0.911 bits per heavy atom. The van der Waals surface area contributed by atoms with Crippen molar-refractivity contribution >= 4 is 51.9 Å². The van der Waals surface area contributed by atoms with Gasteiger partial charge in [0.2, 0.25) is 5.91 Å². The Labute approximate surface area is 280 Å². The van der Waals surface area contributed by atoms with Gasteiger partial charge >= 0.3 is 0 Å².